The average molecular weight is 369 g/mol. The minimum atomic E-state index is -0.202. The molecule has 2 aromatic carbocycles. The molecule has 5 heteroatoms. The molecule has 2 aromatic rings. The third-order valence-corrected chi connectivity index (χ3v) is 3.93. The van der Waals surface area contributed by atoms with Crippen LogP contribution in [0.4, 0.5) is 0 Å². The molecule has 27 heavy (non-hydrogen) atoms. The lowest BCUT2D eigenvalue weighted by Gasteiger charge is -2.09. The standard InChI is InChI=1S/C22H27NO4/c1-17(2)12-14-26-15-13-23-21(24)16-27-20-10-8-19(9-11-20)22(25)18-6-4-3-5-7-18/h3-11,17H,12-16H2,1-2H3,(H,23,24). The molecular formula is C22H27NO4. The Labute approximate surface area is 160 Å². The molecule has 0 fully saturated rings. The van der Waals surface area contributed by atoms with E-state index in [0.29, 0.717) is 42.6 Å². The highest BCUT2D eigenvalue weighted by Gasteiger charge is 2.09. The Balaban J connectivity index is 1.69. The molecule has 2 rings (SSSR count). The van der Waals surface area contributed by atoms with E-state index in [0.717, 1.165) is 6.42 Å². The lowest BCUT2D eigenvalue weighted by Crippen LogP contribution is -2.31. The van der Waals surface area contributed by atoms with Crippen molar-refractivity contribution in [1.82, 2.24) is 5.32 Å². The second-order valence-corrected chi connectivity index (χ2v) is 6.65. The molecule has 0 saturated heterocycles. The molecule has 0 aliphatic heterocycles. The fourth-order valence-electron chi connectivity index (χ4n) is 2.34. The van der Waals surface area contributed by atoms with Gasteiger partial charge in [0.05, 0.1) is 6.61 Å². The molecule has 0 unspecified atom stereocenters. The summed E-state index contributed by atoms with van der Waals surface area (Å²) in [5, 5.41) is 2.75. The third-order valence-electron chi connectivity index (χ3n) is 3.93. The van der Waals surface area contributed by atoms with E-state index >= 15 is 0 Å². The molecule has 0 radical (unpaired) electrons. The monoisotopic (exact) mass is 369 g/mol. The predicted octanol–water partition coefficient (Wildman–Crippen LogP) is 3.48. The number of carbonyl (C=O) groups is 2. The summed E-state index contributed by atoms with van der Waals surface area (Å²) in [7, 11) is 0. The number of hydrogen-bond acceptors (Lipinski definition) is 4. The van der Waals surface area contributed by atoms with Crippen molar-refractivity contribution in [2.45, 2.75) is 20.3 Å². The van der Waals surface area contributed by atoms with Gasteiger partial charge in [0, 0.05) is 24.3 Å². The Bertz CT molecular complexity index is 711. The molecule has 0 aliphatic carbocycles. The van der Waals surface area contributed by atoms with Crippen molar-refractivity contribution in [1.29, 1.82) is 0 Å². The summed E-state index contributed by atoms with van der Waals surface area (Å²) in [4.78, 5) is 24.1. The summed E-state index contributed by atoms with van der Waals surface area (Å²) in [5.41, 5.74) is 1.22. The van der Waals surface area contributed by atoms with Gasteiger partial charge in [0.25, 0.3) is 5.91 Å². The lowest BCUT2D eigenvalue weighted by molar-refractivity contribution is -0.123. The van der Waals surface area contributed by atoms with Gasteiger partial charge in [0.1, 0.15) is 5.75 Å². The van der Waals surface area contributed by atoms with E-state index in [1.807, 2.05) is 18.2 Å². The second-order valence-electron chi connectivity index (χ2n) is 6.65. The van der Waals surface area contributed by atoms with Crippen molar-refractivity contribution in [3.8, 4) is 5.75 Å². The molecule has 0 atom stereocenters. The maximum atomic E-state index is 12.3. The zero-order valence-electron chi connectivity index (χ0n) is 15.9. The van der Waals surface area contributed by atoms with Crippen molar-refractivity contribution in [2.75, 3.05) is 26.4 Å². The lowest BCUT2D eigenvalue weighted by atomic mass is 10.0. The Hall–Kier alpha value is -2.66. The van der Waals surface area contributed by atoms with Gasteiger partial charge in [-0.3, -0.25) is 9.59 Å². The van der Waals surface area contributed by atoms with Gasteiger partial charge in [-0.25, -0.2) is 0 Å². The molecule has 0 aromatic heterocycles. The molecule has 0 saturated carbocycles. The first-order valence-corrected chi connectivity index (χ1v) is 9.23. The first kappa shape index (κ1) is 20.6. The van der Waals surface area contributed by atoms with Gasteiger partial charge < -0.3 is 14.8 Å². The quantitative estimate of drug-likeness (QED) is 0.486. The predicted molar refractivity (Wildman–Crippen MR) is 105 cm³/mol. The fourth-order valence-corrected chi connectivity index (χ4v) is 2.34. The number of ether oxygens (including phenoxy) is 2. The summed E-state index contributed by atoms with van der Waals surface area (Å²) >= 11 is 0. The van der Waals surface area contributed by atoms with E-state index in [-0.39, 0.29) is 18.3 Å². The van der Waals surface area contributed by atoms with Crippen LogP contribution >= 0.6 is 0 Å². The van der Waals surface area contributed by atoms with Gasteiger partial charge in [0.2, 0.25) is 0 Å². The Morgan fingerprint density at radius 3 is 2.26 bits per heavy atom. The normalized spacial score (nSPS) is 10.6. The largest absolute Gasteiger partial charge is 0.484 e. The Morgan fingerprint density at radius 2 is 1.59 bits per heavy atom. The highest BCUT2D eigenvalue weighted by molar-refractivity contribution is 6.08. The number of hydrogen-bond donors (Lipinski definition) is 1. The summed E-state index contributed by atoms with van der Waals surface area (Å²) in [6.45, 7) is 5.88. The smallest absolute Gasteiger partial charge is 0.258 e. The highest BCUT2D eigenvalue weighted by atomic mass is 16.5. The van der Waals surface area contributed by atoms with Crippen LogP contribution < -0.4 is 10.1 Å². The SMILES string of the molecule is CC(C)CCOCCNC(=O)COc1ccc(C(=O)c2ccccc2)cc1. The summed E-state index contributed by atoms with van der Waals surface area (Å²) < 4.78 is 10.9. The minimum absolute atomic E-state index is 0.0441. The molecule has 0 bridgehead atoms. The van der Waals surface area contributed by atoms with Gasteiger partial charge in [-0.1, -0.05) is 44.2 Å². The van der Waals surface area contributed by atoms with Gasteiger partial charge in [-0.05, 0) is 36.6 Å². The number of benzene rings is 2. The van der Waals surface area contributed by atoms with Crippen molar-refractivity contribution in [3.63, 3.8) is 0 Å². The average Bonchev–Trinajstić information content (AvgIpc) is 2.69. The maximum absolute atomic E-state index is 12.3. The number of amides is 1. The number of rotatable bonds is 11. The fraction of sp³-hybridized carbons (Fsp3) is 0.364. The molecule has 0 heterocycles. The van der Waals surface area contributed by atoms with Crippen LogP contribution in [-0.4, -0.2) is 38.1 Å². The first-order chi connectivity index (χ1) is 13.1. The van der Waals surface area contributed by atoms with Crippen LogP contribution in [-0.2, 0) is 9.53 Å². The number of nitrogens with one attached hydrogen (secondary N) is 1. The number of ketones is 1. The van der Waals surface area contributed by atoms with E-state index in [1.54, 1.807) is 36.4 Å². The summed E-state index contributed by atoms with van der Waals surface area (Å²) in [6, 6.07) is 15.9. The Kier molecular flexibility index (Phi) is 8.52. The molecular weight excluding hydrogens is 342 g/mol. The zero-order valence-corrected chi connectivity index (χ0v) is 15.9. The summed E-state index contributed by atoms with van der Waals surface area (Å²) in [5.74, 6) is 0.912. The maximum Gasteiger partial charge on any atom is 0.258 e. The van der Waals surface area contributed by atoms with E-state index < -0.39 is 0 Å². The van der Waals surface area contributed by atoms with E-state index in [1.165, 1.54) is 0 Å². The first-order valence-electron chi connectivity index (χ1n) is 9.23. The molecule has 1 amide bonds. The van der Waals surface area contributed by atoms with E-state index in [9.17, 15) is 9.59 Å². The molecule has 0 aliphatic rings. The van der Waals surface area contributed by atoms with E-state index in [4.69, 9.17) is 9.47 Å². The van der Waals surface area contributed by atoms with Crippen LogP contribution in [0.15, 0.2) is 54.6 Å². The number of carbonyl (C=O) groups excluding carboxylic acids is 2. The van der Waals surface area contributed by atoms with Crippen LogP contribution in [0.3, 0.4) is 0 Å². The van der Waals surface area contributed by atoms with Crippen molar-refractivity contribution < 1.29 is 19.1 Å². The van der Waals surface area contributed by atoms with Crippen LogP contribution in [0.1, 0.15) is 36.2 Å². The topological polar surface area (TPSA) is 64.6 Å². The minimum Gasteiger partial charge on any atom is -0.484 e. The summed E-state index contributed by atoms with van der Waals surface area (Å²) in [6.07, 6.45) is 1.01. The van der Waals surface area contributed by atoms with Gasteiger partial charge in [-0.2, -0.15) is 0 Å². The van der Waals surface area contributed by atoms with Gasteiger partial charge >= 0.3 is 0 Å². The highest BCUT2D eigenvalue weighted by Crippen LogP contribution is 2.15. The second kappa shape index (κ2) is 11.1. The van der Waals surface area contributed by atoms with Crippen LogP contribution in [0.25, 0.3) is 0 Å². The van der Waals surface area contributed by atoms with Crippen LogP contribution in [0, 0.1) is 5.92 Å². The zero-order chi connectivity index (χ0) is 19.5. The van der Waals surface area contributed by atoms with Crippen LogP contribution in [0.2, 0.25) is 0 Å². The molecule has 144 valence electrons. The van der Waals surface area contributed by atoms with Crippen LogP contribution in [0.5, 0.6) is 5.75 Å². The van der Waals surface area contributed by atoms with Crippen molar-refractivity contribution >= 4 is 11.7 Å². The van der Waals surface area contributed by atoms with Crippen molar-refractivity contribution in [3.05, 3.63) is 65.7 Å². The molecule has 1 N–H and O–H groups in total. The van der Waals surface area contributed by atoms with Crippen molar-refractivity contribution in [2.24, 2.45) is 5.92 Å². The van der Waals surface area contributed by atoms with Gasteiger partial charge in [0.15, 0.2) is 12.4 Å². The molecule has 5 nitrogen and oxygen atoms in total. The molecule has 0 spiro atoms. The van der Waals surface area contributed by atoms with E-state index in [2.05, 4.69) is 19.2 Å². The Morgan fingerprint density at radius 1 is 0.926 bits per heavy atom. The third kappa shape index (κ3) is 7.62. The van der Waals surface area contributed by atoms with Gasteiger partial charge in [-0.15, -0.1) is 0 Å².